The van der Waals surface area contributed by atoms with E-state index in [2.05, 4.69) is 25.1 Å². The normalized spacial score (nSPS) is 19.4. The Morgan fingerprint density at radius 2 is 1.97 bits per heavy atom. The molecule has 5 rings (SSSR count). The predicted octanol–water partition coefficient (Wildman–Crippen LogP) is 3.52. The van der Waals surface area contributed by atoms with E-state index in [9.17, 15) is 13.6 Å². The first-order valence-corrected chi connectivity index (χ1v) is 11.4. The molecule has 0 aromatic carbocycles. The van der Waals surface area contributed by atoms with Crippen molar-refractivity contribution < 1.29 is 18.3 Å². The van der Waals surface area contributed by atoms with Crippen LogP contribution in [0.3, 0.4) is 0 Å². The van der Waals surface area contributed by atoms with Crippen molar-refractivity contribution in [2.45, 2.75) is 50.8 Å². The third-order valence-electron chi connectivity index (χ3n) is 6.98. The van der Waals surface area contributed by atoms with Crippen LogP contribution in [0.5, 0.6) is 5.75 Å². The van der Waals surface area contributed by atoms with E-state index >= 15 is 0 Å². The number of nitrogen functional groups attached to an aromatic ring is 1. The summed E-state index contributed by atoms with van der Waals surface area (Å²) >= 11 is 0. The van der Waals surface area contributed by atoms with E-state index in [-0.39, 0.29) is 23.0 Å². The number of alkyl halides is 2. The number of urea groups is 1. The van der Waals surface area contributed by atoms with Gasteiger partial charge >= 0.3 is 12.6 Å². The van der Waals surface area contributed by atoms with Crippen molar-refractivity contribution in [3.63, 3.8) is 0 Å². The fourth-order valence-electron chi connectivity index (χ4n) is 5.03. The zero-order valence-electron chi connectivity index (χ0n) is 19.5. The number of hydrogen-bond acceptors (Lipinski definition) is 6. The van der Waals surface area contributed by atoms with Gasteiger partial charge in [0, 0.05) is 54.9 Å². The summed E-state index contributed by atoms with van der Waals surface area (Å²) in [5.41, 5.74) is 8.08. The molecule has 2 amide bonds. The number of likely N-dealkylation sites (tertiary alicyclic amines) is 1. The Morgan fingerprint density at radius 1 is 1.23 bits per heavy atom. The third-order valence-corrected chi connectivity index (χ3v) is 6.98. The van der Waals surface area contributed by atoms with E-state index < -0.39 is 12.2 Å². The molecule has 1 atom stereocenters. The summed E-state index contributed by atoms with van der Waals surface area (Å²) in [6.45, 7) is 2.87. The van der Waals surface area contributed by atoms with E-state index in [0.29, 0.717) is 24.3 Å². The van der Waals surface area contributed by atoms with E-state index in [1.54, 1.807) is 12.4 Å². The lowest BCUT2D eigenvalue weighted by Crippen LogP contribution is -2.48. The zero-order valence-corrected chi connectivity index (χ0v) is 19.5. The van der Waals surface area contributed by atoms with Crippen LogP contribution in [0.2, 0.25) is 0 Å². The number of ether oxygens (including phenoxy) is 1. The molecule has 3 aromatic rings. The average Bonchev–Trinajstić information content (AvgIpc) is 3.52. The molecule has 184 valence electrons. The SMILES string of the molecule is CC(C)(NC(=O)N1CC[C@@]2(CCn3nc(-c4cnc(N)c(OC(F)F)c4)cc32)C1)c1ccncc1. The summed E-state index contributed by atoms with van der Waals surface area (Å²) < 4.78 is 31.8. The number of carbonyl (C=O) groups is 1. The summed E-state index contributed by atoms with van der Waals surface area (Å²) in [6, 6.07) is 7.06. The molecule has 3 N–H and O–H groups in total. The molecule has 1 saturated heterocycles. The maximum atomic E-state index is 13.2. The standard InChI is InChI=1S/C24H27F2N7O2/c1-23(2,16-3-7-28-8-4-16)30-22(34)32-9-5-24(14-32)6-10-33-19(24)12-17(31-33)15-11-18(35-21(25)26)20(27)29-13-15/h3-4,7-8,11-13,21H,5-6,9-10,14H2,1-2H3,(H2,27,29)(H,30,34)/t24-/m1/s1. The number of aromatic nitrogens is 4. The second-order valence-corrected chi connectivity index (χ2v) is 9.62. The fourth-order valence-corrected chi connectivity index (χ4v) is 5.03. The molecule has 5 heterocycles. The lowest BCUT2D eigenvalue weighted by molar-refractivity contribution is -0.0494. The molecule has 1 spiro atoms. The van der Waals surface area contributed by atoms with Gasteiger partial charge in [-0.25, -0.2) is 9.78 Å². The molecule has 1 fully saturated rings. The first-order valence-electron chi connectivity index (χ1n) is 11.4. The highest BCUT2D eigenvalue weighted by molar-refractivity contribution is 5.76. The molecule has 0 bridgehead atoms. The number of amides is 2. The maximum absolute atomic E-state index is 13.2. The van der Waals surface area contributed by atoms with Crippen LogP contribution in [0, 0.1) is 0 Å². The van der Waals surface area contributed by atoms with Crippen molar-refractivity contribution in [3.8, 4) is 17.0 Å². The van der Waals surface area contributed by atoms with Crippen molar-refractivity contribution >= 4 is 11.8 Å². The highest BCUT2D eigenvalue weighted by Gasteiger charge is 2.47. The van der Waals surface area contributed by atoms with Crippen LogP contribution in [0.4, 0.5) is 19.4 Å². The van der Waals surface area contributed by atoms with Crippen molar-refractivity contribution in [1.29, 1.82) is 0 Å². The average molecular weight is 484 g/mol. The van der Waals surface area contributed by atoms with E-state index in [1.807, 2.05) is 41.6 Å². The molecule has 0 radical (unpaired) electrons. The van der Waals surface area contributed by atoms with Crippen molar-refractivity contribution in [1.82, 2.24) is 30.0 Å². The molecule has 35 heavy (non-hydrogen) atoms. The number of halogens is 2. The van der Waals surface area contributed by atoms with Crippen LogP contribution in [0.15, 0.2) is 42.9 Å². The van der Waals surface area contributed by atoms with Crippen LogP contribution in [-0.4, -0.2) is 50.4 Å². The molecule has 0 aliphatic carbocycles. The van der Waals surface area contributed by atoms with Crippen LogP contribution in [0.25, 0.3) is 11.3 Å². The highest BCUT2D eigenvalue weighted by atomic mass is 19.3. The van der Waals surface area contributed by atoms with Crippen LogP contribution >= 0.6 is 0 Å². The Morgan fingerprint density at radius 3 is 2.71 bits per heavy atom. The minimum Gasteiger partial charge on any atom is -0.431 e. The first kappa shape index (κ1) is 23.0. The molecule has 11 heteroatoms. The quantitative estimate of drug-likeness (QED) is 0.575. The van der Waals surface area contributed by atoms with Gasteiger partial charge in [0.2, 0.25) is 0 Å². The van der Waals surface area contributed by atoms with Crippen molar-refractivity contribution in [3.05, 3.63) is 54.1 Å². The fraction of sp³-hybridized carbons (Fsp3) is 0.417. The summed E-state index contributed by atoms with van der Waals surface area (Å²) in [5.74, 6) is -0.287. The van der Waals surface area contributed by atoms with Crippen LogP contribution in [-0.2, 0) is 17.5 Å². The molecular weight excluding hydrogens is 456 g/mol. The number of rotatable bonds is 5. The number of hydrogen-bond donors (Lipinski definition) is 2. The Labute approximate surface area is 201 Å². The number of fused-ring (bicyclic) bond motifs is 2. The Balaban J connectivity index is 1.34. The van der Waals surface area contributed by atoms with Gasteiger partial charge in [0.1, 0.15) is 0 Å². The molecule has 0 unspecified atom stereocenters. The second kappa shape index (κ2) is 8.47. The summed E-state index contributed by atoms with van der Waals surface area (Å²) in [4.78, 5) is 23.0. The van der Waals surface area contributed by atoms with Gasteiger partial charge in [-0.3, -0.25) is 9.67 Å². The molecule has 2 aliphatic heterocycles. The Kier molecular flexibility index (Phi) is 5.57. The van der Waals surface area contributed by atoms with Gasteiger partial charge in [-0.1, -0.05) is 0 Å². The predicted molar refractivity (Wildman–Crippen MR) is 125 cm³/mol. The number of carbonyl (C=O) groups excluding carboxylic acids is 1. The highest BCUT2D eigenvalue weighted by Crippen LogP contribution is 2.44. The monoisotopic (exact) mass is 483 g/mol. The molecule has 2 aliphatic rings. The number of aryl methyl sites for hydroxylation is 1. The minimum atomic E-state index is -3.00. The van der Waals surface area contributed by atoms with Gasteiger partial charge in [-0.05, 0) is 56.5 Å². The lowest BCUT2D eigenvalue weighted by Gasteiger charge is -2.30. The number of nitrogens with zero attached hydrogens (tertiary/aromatic N) is 5. The van der Waals surface area contributed by atoms with E-state index in [4.69, 9.17) is 5.73 Å². The van der Waals surface area contributed by atoms with Gasteiger partial charge in [0.25, 0.3) is 0 Å². The largest absolute Gasteiger partial charge is 0.431 e. The van der Waals surface area contributed by atoms with Crippen molar-refractivity contribution in [2.24, 2.45) is 0 Å². The first-order chi connectivity index (χ1) is 16.7. The number of nitrogens with one attached hydrogen (secondary N) is 1. The Bertz CT molecular complexity index is 1250. The van der Waals surface area contributed by atoms with Crippen molar-refractivity contribution in [2.75, 3.05) is 18.8 Å². The minimum absolute atomic E-state index is 0.107. The van der Waals surface area contributed by atoms with Gasteiger partial charge in [0.05, 0.1) is 11.2 Å². The van der Waals surface area contributed by atoms with Gasteiger partial charge in [0.15, 0.2) is 11.6 Å². The number of nitrogens with two attached hydrogens (primary N) is 1. The van der Waals surface area contributed by atoms with Gasteiger partial charge in [-0.2, -0.15) is 13.9 Å². The lowest BCUT2D eigenvalue weighted by atomic mass is 9.82. The summed E-state index contributed by atoms with van der Waals surface area (Å²) in [5, 5.41) is 7.81. The second-order valence-electron chi connectivity index (χ2n) is 9.62. The molecule has 0 saturated carbocycles. The zero-order chi connectivity index (χ0) is 24.8. The van der Waals surface area contributed by atoms with Crippen LogP contribution in [0.1, 0.15) is 37.9 Å². The van der Waals surface area contributed by atoms with E-state index in [1.165, 1.54) is 12.3 Å². The molecular formula is C24H27F2N7O2. The Hall–Kier alpha value is -3.76. The summed E-state index contributed by atoms with van der Waals surface area (Å²) in [6.07, 6.45) is 6.62. The topological polar surface area (TPSA) is 111 Å². The number of anilines is 1. The molecule has 9 nitrogen and oxygen atoms in total. The maximum Gasteiger partial charge on any atom is 0.387 e. The smallest absolute Gasteiger partial charge is 0.387 e. The number of pyridine rings is 2. The third kappa shape index (κ3) is 4.26. The van der Waals surface area contributed by atoms with Crippen LogP contribution < -0.4 is 15.8 Å². The molecule has 3 aromatic heterocycles. The van der Waals surface area contributed by atoms with Gasteiger partial charge in [-0.15, -0.1) is 0 Å². The summed E-state index contributed by atoms with van der Waals surface area (Å²) in [7, 11) is 0. The van der Waals surface area contributed by atoms with Gasteiger partial charge < -0.3 is 20.7 Å². The van der Waals surface area contributed by atoms with E-state index in [0.717, 1.165) is 30.6 Å².